The third-order valence-electron chi connectivity index (χ3n) is 3.23. The Labute approximate surface area is 111 Å². The highest BCUT2D eigenvalue weighted by atomic mass is 16.5. The van der Waals surface area contributed by atoms with Gasteiger partial charge < -0.3 is 15.0 Å². The van der Waals surface area contributed by atoms with E-state index in [9.17, 15) is 9.59 Å². The fourth-order valence-corrected chi connectivity index (χ4v) is 2.09. The van der Waals surface area contributed by atoms with Crippen molar-refractivity contribution < 1.29 is 9.53 Å². The van der Waals surface area contributed by atoms with Gasteiger partial charge in [-0.2, -0.15) is 0 Å². The van der Waals surface area contributed by atoms with Gasteiger partial charge in [0.15, 0.2) is 0 Å². The Morgan fingerprint density at radius 1 is 1.63 bits per heavy atom. The Bertz CT molecular complexity index is 486. The molecule has 1 aliphatic heterocycles. The molecule has 2 N–H and O–H groups in total. The van der Waals surface area contributed by atoms with E-state index in [1.165, 1.54) is 12.3 Å². The summed E-state index contributed by atoms with van der Waals surface area (Å²) in [6.07, 6.45) is 1.47. The second-order valence-electron chi connectivity index (χ2n) is 4.66. The number of carbonyl (C=O) groups is 1. The number of nitrogens with zero attached hydrogens (tertiary/aromatic N) is 1. The molecule has 1 aromatic heterocycles. The largest absolute Gasteiger partial charge is 0.379 e. The number of pyridine rings is 1. The molecule has 0 radical (unpaired) electrons. The molecule has 1 amide bonds. The van der Waals surface area contributed by atoms with Gasteiger partial charge in [0.2, 0.25) is 5.56 Å². The van der Waals surface area contributed by atoms with Crippen molar-refractivity contribution in [2.24, 2.45) is 0 Å². The van der Waals surface area contributed by atoms with Crippen LogP contribution in [0.1, 0.15) is 17.3 Å². The van der Waals surface area contributed by atoms with Gasteiger partial charge in [-0.3, -0.25) is 14.5 Å². The first-order valence-electron chi connectivity index (χ1n) is 6.45. The summed E-state index contributed by atoms with van der Waals surface area (Å²) in [4.78, 5) is 27.7. The van der Waals surface area contributed by atoms with Crippen LogP contribution in [0.2, 0.25) is 0 Å². The molecule has 1 unspecified atom stereocenters. The van der Waals surface area contributed by atoms with Crippen molar-refractivity contribution in [3.63, 3.8) is 0 Å². The molecular weight excluding hydrogens is 246 g/mol. The number of ether oxygens (including phenoxy) is 1. The minimum absolute atomic E-state index is 0.216. The molecule has 1 aliphatic rings. The molecular formula is C13H19N3O3. The highest BCUT2D eigenvalue weighted by molar-refractivity contribution is 5.93. The maximum absolute atomic E-state index is 11.8. The number of rotatable bonds is 4. The Balaban J connectivity index is 1.79. The molecule has 6 heteroatoms. The summed E-state index contributed by atoms with van der Waals surface area (Å²) in [6, 6.07) is 3.27. The molecule has 2 heterocycles. The number of H-pyrrole nitrogens is 1. The summed E-state index contributed by atoms with van der Waals surface area (Å²) in [5.74, 6) is -0.216. The van der Waals surface area contributed by atoms with Crippen molar-refractivity contribution in [2.75, 3.05) is 32.8 Å². The Hall–Kier alpha value is -1.66. The molecule has 19 heavy (non-hydrogen) atoms. The van der Waals surface area contributed by atoms with Gasteiger partial charge in [-0.05, 0) is 13.0 Å². The summed E-state index contributed by atoms with van der Waals surface area (Å²) < 4.78 is 5.35. The Morgan fingerprint density at radius 2 is 2.47 bits per heavy atom. The lowest BCUT2D eigenvalue weighted by Crippen LogP contribution is -2.46. The lowest BCUT2D eigenvalue weighted by Gasteiger charge is -2.33. The fourth-order valence-electron chi connectivity index (χ4n) is 2.09. The minimum Gasteiger partial charge on any atom is -0.379 e. The standard InChI is InChI=1S/C13H19N3O3/c1-10-9-19-7-6-16(10)5-4-15-13(18)11-2-3-14-12(17)8-11/h2-3,8,10H,4-7,9H2,1H3,(H,14,17)(H,15,18). The van der Waals surface area contributed by atoms with Gasteiger partial charge >= 0.3 is 0 Å². The summed E-state index contributed by atoms with van der Waals surface area (Å²) in [6.45, 7) is 5.84. The average molecular weight is 265 g/mol. The van der Waals surface area contributed by atoms with Crippen molar-refractivity contribution in [1.29, 1.82) is 0 Å². The van der Waals surface area contributed by atoms with Crippen LogP contribution in [0.3, 0.4) is 0 Å². The van der Waals surface area contributed by atoms with Gasteiger partial charge in [0.05, 0.1) is 13.2 Å². The van der Waals surface area contributed by atoms with Crippen LogP contribution in [-0.4, -0.2) is 54.7 Å². The van der Waals surface area contributed by atoms with Gasteiger partial charge in [0, 0.05) is 43.5 Å². The van der Waals surface area contributed by atoms with Crippen LogP contribution in [0.5, 0.6) is 0 Å². The number of hydrogen-bond acceptors (Lipinski definition) is 4. The van der Waals surface area contributed by atoms with Crippen LogP contribution in [0.15, 0.2) is 23.1 Å². The average Bonchev–Trinajstić information content (AvgIpc) is 2.41. The van der Waals surface area contributed by atoms with Crippen molar-refractivity contribution in [3.8, 4) is 0 Å². The number of hydrogen-bond donors (Lipinski definition) is 2. The second kappa shape index (κ2) is 6.49. The lowest BCUT2D eigenvalue weighted by atomic mass is 10.2. The first-order chi connectivity index (χ1) is 9.16. The molecule has 104 valence electrons. The number of nitrogens with one attached hydrogen (secondary N) is 2. The van der Waals surface area contributed by atoms with E-state index in [-0.39, 0.29) is 11.5 Å². The summed E-state index contributed by atoms with van der Waals surface area (Å²) in [5.41, 5.74) is 0.119. The number of aromatic amines is 1. The highest BCUT2D eigenvalue weighted by Gasteiger charge is 2.18. The molecule has 1 fully saturated rings. The first kappa shape index (κ1) is 13.8. The number of aromatic nitrogens is 1. The molecule has 0 bridgehead atoms. The van der Waals surface area contributed by atoms with E-state index in [1.807, 2.05) is 0 Å². The van der Waals surface area contributed by atoms with Crippen LogP contribution in [0.4, 0.5) is 0 Å². The number of amides is 1. The van der Waals surface area contributed by atoms with Crippen LogP contribution in [0.25, 0.3) is 0 Å². The van der Waals surface area contributed by atoms with Crippen molar-refractivity contribution in [1.82, 2.24) is 15.2 Å². The zero-order valence-electron chi connectivity index (χ0n) is 11.0. The van der Waals surface area contributed by atoms with Gasteiger partial charge in [-0.1, -0.05) is 0 Å². The third kappa shape index (κ3) is 3.90. The van der Waals surface area contributed by atoms with E-state index >= 15 is 0 Å². The topological polar surface area (TPSA) is 74.4 Å². The van der Waals surface area contributed by atoms with Crippen LogP contribution in [0, 0.1) is 0 Å². The quantitative estimate of drug-likeness (QED) is 0.792. The Kier molecular flexibility index (Phi) is 4.70. The van der Waals surface area contributed by atoms with Crippen molar-refractivity contribution in [3.05, 3.63) is 34.2 Å². The summed E-state index contributed by atoms with van der Waals surface area (Å²) >= 11 is 0. The molecule has 1 atom stereocenters. The molecule has 0 saturated carbocycles. The zero-order chi connectivity index (χ0) is 13.7. The van der Waals surface area contributed by atoms with Crippen molar-refractivity contribution in [2.45, 2.75) is 13.0 Å². The van der Waals surface area contributed by atoms with E-state index in [0.29, 0.717) is 18.2 Å². The summed E-state index contributed by atoms with van der Waals surface area (Å²) in [7, 11) is 0. The van der Waals surface area contributed by atoms with E-state index in [0.717, 1.165) is 26.3 Å². The Morgan fingerprint density at radius 3 is 3.21 bits per heavy atom. The maximum atomic E-state index is 11.8. The van der Waals surface area contributed by atoms with Gasteiger partial charge in [-0.25, -0.2) is 0 Å². The normalized spacial score (nSPS) is 20.2. The SMILES string of the molecule is CC1COCCN1CCNC(=O)c1cc[nH]c(=O)c1. The van der Waals surface area contributed by atoms with E-state index < -0.39 is 0 Å². The van der Waals surface area contributed by atoms with Gasteiger partial charge in [0.25, 0.3) is 5.91 Å². The molecule has 6 nitrogen and oxygen atoms in total. The molecule has 0 spiro atoms. The molecule has 1 aromatic rings. The monoisotopic (exact) mass is 265 g/mol. The van der Waals surface area contributed by atoms with Crippen LogP contribution >= 0.6 is 0 Å². The molecule has 1 saturated heterocycles. The molecule has 0 aliphatic carbocycles. The van der Waals surface area contributed by atoms with Crippen LogP contribution in [-0.2, 0) is 4.74 Å². The minimum atomic E-state index is -0.269. The van der Waals surface area contributed by atoms with Crippen LogP contribution < -0.4 is 10.9 Å². The molecule has 2 rings (SSSR count). The fraction of sp³-hybridized carbons (Fsp3) is 0.538. The predicted octanol–water partition coefficient (Wildman–Crippen LogP) is -0.175. The van der Waals surface area contributed by atoms with E-state index in [2.05, 4.69) is 22.1 Å². The second-order valence-corrected chi connectivity index (χ2v) is 4.66. The van der Waals surface area contributed by atoms with E-state index in [1.54, 1.807) is 6.07 Å². The molecule has 0 aromatic carbocycles. The predicted molar refractivity (Wildman–Crippen MR) is 71.2 cm³/mol. The number of carbonyl (C=O) groups excluding carboxylic acids is 1. The van der Waals surface area contributed by atoms with E-state index in [4.69, 9.17) is 4.74 Å². The highest BCUT2D eigenvalue weighted by Crippen LogP contribution is 2.04. The smallest absolute Gasteiger partial charge is 0.251 e. The van der Waals surface area contributed by atoms with Gasteiger partial charge in [-0.15, -0.1) is 0 Å². The number of morpholine rings is 1. The third-order valence-corrected chi connectivity index (χ3v) is 3.23. The van der Waals surface area contributed by atoms with Gasteiger partial charge in [0.1, 0.15) is 0 Å². The van der Waals surface area contributed by atoms with Crippen molar-refractivity contribution >= 4 is 5.91 Å². The lowest BCUT2D eigenvalue weighted by molar-refractivity contribution is 0.000540. The first-order valence-corrected chi connectivity index (χ1v) is 6.45. The summed E-state index contributed by atoms with van der Waals surface area (Å²) in [5, 5.41) is 2.82. The maximum Gasteiger partial charge on any atom is 0.251 e. The zero-order valence-corrected chi connectivity index (χ0v) is 11.0.